The van der Waals surface area contributed by atoms with Crippen LogP contribution in [0.3, 0.4) is 0 Å². The molecule has 0 aliphatic carbocycles. The number of aromatic nitrogens is 1. The summed E-state index contributed by atoms with van der Waals surface area (Å²) in [7, 11) is 0. The Bertz CT molecular complexity index is 799. The molecule has 0 atom stereocenters. The van der Waals surface area contributed by atoms with E-state index in [0.717, 1.165) is 11.3 Å². The summed E-state index contributed by atoms with van der Waals surface area (Å²) >= 11 is 5.87. The van der Waals surface area contributed by atoms with E-state index in [1.165, 1.54) is 18.3 Å². The average molecular weight is 364 g/mol. The van der Waals surface area contributed by atoms with Gasteiger partial charge >= 0.3 is 0 Å². The van der Waals surface area contributed by atoms with Crippen LogP contribution in [0.4, 0.5) is 0 Å². The summed E-state index contributed by atoms with van der Waals surface area (Å²) in [4.78, 5) is 36.8. The molecule has 0 unspecified atom stereocenters. The predicted octanol–water partition coefficient (Wildman–Crippen LogP) is 1.96. The SMILES string of the molecule is Cc1cc(Cl)ccc1OCCCC(=O)NNC(=O)c1ccc(=O)[nH]c1. The second kappa shape index (κ2) is 8.89. The number of amides is 2. The second-order valence-electron chi connectivity index (χ2n) is 5.31. The third kappa shape index (κ3) is 5.96. The van der Waals surface area contributed by atoms with Crippen molar-refractivity contribution in [3.63, 3.8) is 0 Å². The number of hydrogen-bond donors (Lipinski definition) is 3. The van der Waals surface area contributed by atoms with Crippen LogP contribution in [0.1, 0.15) is 28.8 Å². The van der Waals surface area contributed by atoms with Gasteiger partial charge in [-0.25, -0.2) is 0 Å². The lowest BCUT2D eigenvalue weighted by molar-refractivity contribution is -0.122. The number of benzene rings is 1. The minimum absolute atomic E-state index is 0.193. The monoisotopic (exact) mass is 363 g/mol. The highest BCUT2D eigenvalue weighted by molar-refractivity contribution is 6.30. The topological polar surface area (TPSA) is 100 Å². The number of aromatic amines is 1. The van der Waals surface area contributed by atoms with Gasteiger partial charge in [-0.2, -0.15) is 0 Å². The first-order chi connectivity index (χ1) is 12.0. The van der Waals surface area contributed by atoms with E-state index in [1.54, 1.807) is 18.2 Å². The molecule has 1 aromatic carbocycles. The molecule has 2 aromatic rings. The maximum atomic E-state index is 11.8. The summed E-state index contributed by atoms with van der Waals surface area (Å²) in [6.07, 6.45) is 1.95. The van der Waals surface area contributed by atoms with Crippen molar-refractivity contribution < 1.29 is 14.3 Å². The quantitative estimate of drug-likeness (QED) is 0.539. The number of aryl methyl sites for hydroxylation is 1. The first kappa shape index (κ1) is 18.5. The number of carbonyl (C=O) groups is 2. The van der Waals surface area contributed by atoms with Gasteiger partial charge in [-0.05, 0) is 43.2 Å². The maximum Gasteiger partial charge on any atom is 0.271 e. The van der Waals surface area contributed by atoms with Crippen molar-refractivity contribution >= 4 is 23.4 Å². The summed E-state index contributed by atoms with van der Waals surface area (Å²) in [6, 6.07) is 7.91. The van der Waals surface area contributed by atoms with Gasteiger partial charge in [0.2, 0.25) is 11.5 Å². The van der Waals surface area contributed by atoms with Crippen LogP contribution in [0.5, 0.6) is 5.75 Å². The maximum absolute atomic E-state index is 11.8. The van der Waals surface area contributed by atoms with Crippen molar-refractivity contribution in [1.29, 1.82) is 0 Å². The van der Waals surface area contributed by atoms with Crippen molar-refractivity contribution in [1.82, 2.24) is 15.8 Å². The molecule has 1 aromatic heterocycles. The minimum Gasteiger partial charge on any atom is -0.493 e. The van der Waals surface area contributed by atoms with E-state index in [0.29, 0.717) is 18.1 Å². The summed E-state index contributed by atoms with van der Waals surface area (Å²) in [5.41, 5.74) is 5.44. The molecule has 0 radical (unpaired) electrons. The van der Waals surface area contributed by atoms with Gasteiger partial charge in [0.25, 0.3) is 5.91 Å². The van der Waals surface area contributed by atoms with Gasteiger partial charge < -0.3 is 9.72 Å². The predicted molar refractivity (Wildman–Crippen MR) is 93.6 cm³/mol. The Morgan fingerprint density at radius 2 is 2.00 bits per heavy atom. The van der Waals surface area contributed by atoms with Crippen LogP contribution in [0.2, 0.25) is 5.02 Å². The van der Waals surface area contributed by atoms with E-state index in [2.05, 4.69) is 15.8 Å². The van der Waals surface area contributed by atoms with E-state index in [-0.39, 0.29) is 23.5 Å². The van der Waals surface area contributed by atoms with Gasteiger partial charge in [-0.1, -0.05) is 11.6 Å². The van der Waals surface area contributed by atoms with Crippen LogP contribution in [0.15, 0.2) is 41.3 Å². The number of pyridine rings is 1. The van der Waals surface area contributed by atoms with Gasteiger partial charge in [0.15, 0.2) is 0 Å². The molecule has 2 rings (SSSR count). The Labute approximate surface area is 149 Å². The van der Waals surface area contributed by atoms with Crippen molar-refractivity contribution in [3.05, 3.63) is 63.0 Å². The summed E-state index contributed by atoms with van der Waals surface area (Å²) < 4.78 is 5.59. The molecule has 0 aliphatic rings. The minimum atomic E-state index is -0.516. The molecule has 0 saturated heterocycles. The standard InChI is InChI=1S/C17H18ClN3O4/c1-11-9-13(18)5-6-14(11)25-8-2-3-16(23)20-21-17(24)12-4-7-15(22)19-10-12/h4-7,9-10H,2-3,8H2,1H3,(H,19,22)(H,20,23)(H,21,24). The summed E-state index contributed by atoms with van der Waals surface area (Å²) in [5.74, 6) is -0.136. The number of halogens is 1. The molecule has 0 saturated carbocycles. The van der Waals surface area contributed by atoms with Crippen molar-refractivity contribution in [2.45, 2.75) is 19.8 Å². The molecule has 2 amide bonds. The van der Waals surface area contributed by atoms with E-state index in [1.807, 2.05) is 6.92 Å². The first-order valence-electron chi connectivity index (χ1n) is 7.62. The lowest BCUT2D eigenvalue weighted by Gasteiger charge is -2.10. The van der Waals surface area contributed by atoms with Crippen molar-refractivity contribution in [3.8, 4) is 5.75 Å². The van der Waals surface area contributed by atoms with Crippen LogP contribution in [0.25, 0.3) is 0 Å². The smallest absolute Gasteiger partial charge is 0.271 e. The Balaban J connectivity index is 1.67. The molecule has 132 valence electrons. The van der Waals surface area contributed by atoms with Gasteiger partial charge in [0.1, 0.15) is 5.75 Å². The number of carbonyl (C=O) groups excluding carboxylic acids is 2. The Morgan fingerprint density at radius 3 is 2.68 bits per heavy atom. The molecule has 0 spiro atoms. The van der Waals surface area contributed by atoms with Gasteiger partial charge in [-0.3, -0.25) is 25.2 Å². The molecular formula is C17H18ClN3O4. The van der Waals surface area contributed by atoms with Crippen LogP contribution >= 0.6 is 11.6 Å². The van der Waals surface area contributed by atoms with Crippen LogP contribution in [-0.4, -0.2) is 23.4 Å². The molecule has 8 heteroatoms. The zero-order valence-electron chi connectivity index (χ0n) is 13.6. The highest BCUT2D eigenvalue weighted by atomic mass is 35.5. The fourth-order valence-electron chi connectivity index (χ4n) is 2.00. The molecule has 1 heterocycles. The van der Waals surface area contributed by atoms with Gasteiger partial charge in [0.05, 0.1) is 12.2 Å². The molecular weight excluding hydrogens is 346 g/mol. The highest BCUT2D eigenvalue weighted by Gasteiger charge is 2.07. The van der Waals surface area contributed by atoms with E-state index < -0.39 is 5.91 Å². The first-order valence-corrected chi connectivity index (χ1v) is 8.00. The third-order valence-electron chi connectivity index (χ3n) is 3.30. The average Bonchev–Trinajstić information content (AvgIpc) is 2.58. The fourth-order valence-corrected chi connectivity index (χ4v) is 2.23. The Morgan fingerprint density at radius 1 is 1.20 bits per heavy atom. The van der Waals surface area contributed by atoms with Crippen LogP contribution in [0, 0.1) is 6.92 Å². The molecule has 3 N–H and O–H groups in total. The normalized spacial score (nSPS) is 10.2. The van der Waals surface area contributed by atoms with Crippen molar-refractivity contribution in [2.24, 2.45) is 0 Å². The largest absolute Gasteiger partial charge is 0.493 e. The molecule has 0 aliphatic heterocycles. The third-order valence-corrected chi connectivity index (χ3v) is 3.54. The number of rotatable bonds is 6. The number of hydrogen-bond acceptors (Lipinski definition) is 4. The molecule has 7 nitrogen and oxygen atoms in total. The van der Waals surface area contributed by atoms with Gasteiger partial charge in [-0.15, -0.1) is 0 Å². The molecule has 0 fully saturated rings. The van der Waals surface area contributed by atoms with Gasteiger partial charge in [0, 0.05) is 23.7 Å². The number of hydrazine groups is 1. The fraction of sp³-hybridized carbons (Fsp3) is 0.235. The van der Waals surface area contributed by atoms with E-state index in [9.17, 15) is 14.4 Å². The lowest BCUT2D eigenvalue weighted by Crippen LogP contribution is -2.41. The second-order valence-corrected chi connectivity index (χ2v) is 5.74. The molecule has 0 bridgehead atoms. The van der Waals surface area contributed by atoms with Crippen molar-refractivity contribution in [2.75, 3.05) is 6.61 Å². The Hall–Kier alpha value is -2.80. The van der Waals surface area contributed by atoms with E-state index in [4.69, 9.17) is 16.3 Å². The molecule has 25 heavy (non-hydrogen) atoms. The highest BCUT2D eigenvalue weighted by Crippen LogP contribution is 2.21. The zero-order chi connectivity index (χ0) is 18.2. The number of H-pyrrole nitrogens is 1. The summed E-state index contributed by atoms with van der Waals surface area (Å²) in [6.45, 7) is 2.25. The van der Waals surface area contributed by atoms with E-state index >= 15 is 0 Å². The number of nitrogens with one attached hydrogen (secondary N) is 3. The van der Waals surface area contributed by atoms with Crippen LogP contribution < -0.4 is 21.1 Å². The summed E-state index contributed by atoms with van der Waals surface area (Å²) in [5, 5.41) is 0.641. The Kier molecular flexibility index (Phi) is 6.59. The zero-order valence-corrected chi connectivity index (χ0v) is 14.4. The lowest BCUT2D eigenvalue weighted by atomic mass is 10.2. The van der Waals surface area contributed by atoms with Crippen LogP contribution in [-0.2, 0) is 4.79 Å². The number of ether oxygens (including phenoxy) is 1.